The molecule has 112 valence electrons. The van der Waals surface area contributed by atoms with E-state index in [4.69, 9.17) is 10.2 Å². The number of aliphatic hydroxyl groups is 1. The van der Waals surface area contributed by atoms with E-state index in [1.807, 2.05) is 13.8 Å². The monoisotopic (exact) mass is 278 g/mol. The number of ether oxygens (including phenoxy) is 3. The van der Waals surface area contributed by atoms with Crippen LogP contribution >= 0.6 is 0 Å². The lowest BCUT2D eigenvalue weighted by atomic mass is 9.96. The van der Waals surface area contributed by atoms with Gasteiger partial charge in [0, 0.05) is 10.8 Å². The highest BCUT2D eigenvalue weighted by atomic mass is 16.7. The van der Waals surface area contributed by atoms with E-state index < -0.39 is 17.7 Å². The first-order valence-electron chi connectivity index (χ1n) is 5.84. The zero-order chi connectivity index (χ0) is 15.1. The summed E-state index contributed by atoms with van der Waals surface area (Å²) in [7, 11) is 0. The Labute approximate surface area is 112 Å². The molecule has 1 aliphatic heterocycles. The van der Waals surface area contributed by atoms with Gasteiger partial charge in [0.1, 0.15) is 19.8 Å². The largest absolute Gasteiger partial charge is 0.508 e. The predicted octanol–water partition coefficient (Wildman–Crippen LogP) is 1.88. The number of carboxylic acid groups (broad SMARTS) is 1. The van der Waals surface area contributed by atoms with Gasteiger partial charge in [-0.15, -0.1) is 0 Å². The summed E-state index contributed by atoms with van der Waals surface area (Å²) in [4.78, 5) is 20.2. The lowest BCUT2D eigenvalue weighted by Gasteiger charge is -2.27. The van der Waals surface area contributed by atoms with E-state index in [2.05, 4.69) is 14.2 Å². The summed E-state index contributed by atoms with van der Waals surface area (Å²) < 4.78 is 13.5. The molecule has 7 heteroatoms. The van der Waals surface area contributed by atoms with Gasteiger partial charge < -0.3 is 24.4 Å². The van der Waals surface area contributed by atoms with E-state index in [0.717, 1.165) is 0 Å². The van der Waals surface area contributed by atoms with Crippen molar-refractivity contribution in [1.29, 1.82) is 0 Å². The molecule has 0 bridgehead atoms. The average molecular weight is 278 g/mol. The van der Waals surface area contributed by atoms with Crippen LogP contribution in [0.3, 0.4) is 0 Å². The van der Waals surface area contributed by atoms with E-state index >= 15 is 0 Å². The molecule has 0 amide bonds. The van der Waals surface area contributed by atoms with Gasteiger partial charge in [0.25, 0.3) is 0 Å². The number of carbonyl (C=O) groups excluding carboxylic acids is 1. The topological polar surface area (TPSA) is 102 Å². The van der Waals surface area contributed by atoms with E-state index in [0.29, 0.717) is 13.2 Å². The Hall–Kier alpha value is -1.50. The molecule has 2 N–H and O–H groups in total. The van der Waals surface area contributed by atoms with Crippen LogP contribution in [0.15, 0.2) is 0 Å². The predicted molar refractivity (Wildman–Crippen MR) is 65.9 cm³/mol. The van der Waals surface area contributed by atoms with E-state index in [1.54, 1.807) is 13.8 Å². The van der Waals surface area contributed by atoms with Crippen LogP contribution in [0.1, 0.15) is 27.7 Å². The van der Waals surface area contributed by atoms with Crippen LogP contribution in [0.5, 0.6) is 0 Å². The molecule has 0 aromatic carbocycles. The van der Waals surface area contributed by atoms with Gasteiger partial charge in [-0.05, 0) is 0 Å². The Morgan fingerprint density at radius 3 is 2.16 bits per heavy atom. The zero-order valence-corrected chi connectivity index (χ0v) is 11.8. The molecule has 19 heavy (non-hydrogen) atoms. The number of hydrogen-bond donors (Lipinski definition) is 2. The van der Waals surface area contributed by atoms with Crippen molar-refractivity contribution in [2.45, 2.75) is 27.7 Å². The summed E-state index contributed by atoms with van der Waals surface area (Å²) in [5.41, 5.74) is -0.480. The van der Waals surface area contributed by atoms with Gasteiger partial charge in [0.2, 0.25) is 0 Å². The number of rotatable bonds is 3. The van der Waals surface area contributed by atoms with Crippen molar-refractivity contribution in [3.05, 3.63) is 0 Å². The molecule has 0 spiro atoms. The number of hydrogen-bond acceptors (Lipinski definition) is 6. The maximum absolute atomic E-state index is 10.3. The highest BCUT2D eigenvalue weighted by molar-refractivity contribution is 5.60. The Morgan fingerprint density at radius 2 is 1.84 bits per heavy atom. The van der Waals surface area contributed by atoms with E-state index in [1.165, 1.54) is 0 Å². The van der Waals surface area contributed by atoms with Crippen molar-refractivity contribution in [3.8, 4) is 0 Å². The fourth-order valence-electron chi connectivity index (χ4n) is 0.895. The fourth-order valence-corrected chi connectivity index (χ4v) is 0.895. The van der Waals surface area contributed by atoms with Gasteiger partial charge >= 0.3 is 12.3 Å². The highest BCUT2D eigenvalue weighted by Crippen LogP contribution is 2.20. The lowest BCUT2D eigenvalue weighted by molar-refractivity contribution is -0.0445. The highest BCUT2D eigenvalue weighted by Gasteiger charge is 2.27. The van der Waals surface area contributed by atoms with Crippen molar-refractivity contribution < 1.29 is 34.0 Å². The van der Waals surface area contributed by atoms with Gasteiger partial charge in [-0.25, -0.2) is 9.59 Å². The molecule has 1 saturated heterocycles. The Bertz CT molecular complexity index is 297. The molecule has 0 atom stereocenters. The first-order chi connectivity index (χ1) is 8.58. The summed E-state index contributed by atoms with van der Waals surface area (Å²) in [6, 6.07) is 0. The molecule has 0 aromatic rings. The van der Waals surface area contributed by atoms with Crippen LogP contribution in [0.4, 0.5) is 9.59 Å². The summed E-state index contributed by atoms with van der Waals surface area (Å²) in [6.07, 6.45) is -1.85. The molecule has 0 aromatic heterocycles. The van der Waals surface area contributed by atoms with Gasteiger partial charge in [0.05, 0.1) is 6.61 Å². The van der Waals surface area contributed by atoms with E-state index in [9.17, 15) is 9.59 Å². The third kappa shape index (κ3) is 9.12. The second-order valence-electron chi connectivity index (χ2n) is 5.87. The van der Waals surface area contributed by atoms with Crippen LogP contribution in [0.2, 0.25) is 0 Å². The van der Waals surface area contributed by atoms with Gasteiger partial charge in [-0.1, -0.05) is 27.7 Å². The van der Waals surface area contributed by atoms with Crippen LogP contribution in [-0.2, 0) is 14.2 Å². The quantitative estimate of drug-likeness (QED) is 0.760. The number of carbonyl (C=O) groups is 2. The normalized spacial score (nSPS) is 17.4. The van der Waals surface area contributed by atoms with Crippen molar-refractivity contribution in [3.63, 3.8) is 0 Å². The lowest BCUT2D eigenvalue weighted by Crippen LogP contribution is -2.34. The van der Waals surface area contributed by atoms with Crippen molar-refractivity contribution >= 4 is 12.3 Å². The molecule has 7 nitrogen and oxygen atoms in total. The molecule has 1 rings (SSSR count). The van der Waals surface area contributed by atoms with Gasteiger partial charge in [-0.2, -0.15) is 0 Å². The average Bonchev–Trinajstić information content (AvgIpc) is 2.32. The summed E-state index contributed by atoms with van der Waals surface area (Å²) in [5.74, 6) is 0. The Kier molecular flexibility index (Phi) is 6.61. The molecule has 1 aliphatic rings. The minimum absolute atomic E-state index is 0.00604. The second-order valence-corrected chi connectivity index (χ2v) is 5.87. The minimum Gasteiger partial charge on any atom is -0.450 e. The zero-order valence-electron chi connectivity index (χ0n) is 11.8. The Balaban J connectivity index is 0.000000342. The maximum atomic E-state index is 10.3. The van der Waals surface area contributed by atoms with Gasteiger partial charge in [0.15, 0.2) is 0 Å². The molecule has 0 saturated carbocycles. The van der Waals surface area contributed by atoms with Crippen molar-refractivity contribution in [2.24, 2.45) is 10.8 Å². The smallest absolute Gasteiger partial charge is 0.450 e. The van der Waals surface area contributed by atoms with Gasteiger partial charge in [-0.3, -0.25) is 0 Å². The number of cyclic esters (lactones) is 2. The van der Waals surface area contributed by atoms with Crippen molar-refractivity contribution in [2.75, 3.05) is 26.4 Å². The molecule has 0 unspecified atom stereocenters. The third-order valence-electron chi connectivity index (χ3n) is 2.18. The summed E-state index contributed by atoms with van der Waals surface area (Å²) in [5, 5.41) is 16.7. The molecule has 1 heterocycles. The molecule has 0 radical (unpaired) electrons. The SMILES string of the molecule is CC(C)(CO)COC(=O)O.CC1(C)COC(=O)OC1. The van der Waals surface area contributed by atoms with Crippen LogP contribution in [-0.4, -0.2) is 49.0 Å². The first kappa shape index (κ1) is 17.5. The van der Waals surface area contributed by atoms with Crippen LogP contribution in [0, 0.1) is 10.8 Å². The first-order valence-corrected chi connectivity index (χ1v) is 5.84. The maximum Gasteiger partial charge on any atom is 0.508 e. The van der Waals surface area contributed by atoms with Crippen molar-refractivity contribution in [1.82, 2.24) is 0 Å². The van der Waals surface area contributed by atoms with Crippen LogP contribution < -0.4 is 0 Å². The Morgan fingerprint density at radius 1 is 1.37 bits per heavy atom. The molecular weight excluding hydrogens is 256 g/mol. The molecular formula is C12H22O7. The summed E-state index contributed by atoms with van der Waals surface area (Å²) in [6.45, 7) is 8.28. The third-order valence-corrected chi connectivity index (χ3v) is 2.18. The summed E-state index contributed by atoms with van der Waals surface area (Å²) >= 11 is 0. The molecule has 0 aliphatic carbocycles. The fraction of sp³-hybridized carbons (Fsp3) is 0.833. The minimum atomic E-state index is -1.30. The van der Waals surface area contributed by atoms with Crippen LogP contribution in [0.25, 0.3) is 0 Å². The second kappa shape index (κ2) is 7.18. The number of aliphatic hydroxyl groups excluding tert-OH is 1. The standard InChI is InChI=1S/C6H12O4.C6H10O3/c1-6(2,3-7)4-10-5(8)9;1-6(2)3-8-5(7)9-4-6/h7H,3-4H2,1-2H3,(H,8,9);3-4H2,1-2H3. The van der Waals surface area contributed by atoms with E-state index in [-0.39, 0.29) is 18.6 Å². The molecule has 1 fully saturated rings.